The first-order valence-corrected chi connectivity index (χ1v) is 12.1. The molecular weight excluding hydrogens is 420 g/mol. The molecule has 0 aliphatic carbocycles. The number of benzene rings is 1. The van der Waals surface area contributed by atoms with Crippen LogP contribution in [0.3, 0.4) is 0 Å². The third kappa shape index (κ3) is 12.6. The van der Waals surface area contributed by atoms with Gasteiger partial charge in [-0.1, -0.05) is 63.3 Å². The number of unbranched alkanes of at least 4 members (excludes halogenated alkanes) is 5. The Hall–Kier alpha value is -2.18. The van der Waals surface area contributed by atoms with Gasteiger partial charge in [-0.25, -0.2) is 4.79 Å². The second-order valence-corrected chi connectivity index (χ2v) is 8.91. The zero-order valence-electron chi connectivity index (χ0n) is 20.7. The van der Waals surface area contributed by atoms with Crippen molar-refractivity contribution < 1.29 is 29.3 Å². The van der Waals surface area contributed by atoms with Crippen molar-refractivity contribution in [1.82, 2.24) is 0 Å². The molecule has 1 rings (SSSR count). The molecule has 33 heavy (non-hydrogen) atoms. The van der Waals surface area contributed by atoms with Gasteiger partial charge < -0.3 is 19.7 Å². The third-order valence-electron chi connectivity index (χ3n) is 5.98. The highest BCUT2D eigenvalue weighted by Gasteiger charge is 2.21. The van der Waals surface area contributed by atoms with E-state index in [0.29, 0.717) is 5.56 Å². The highest BCUT2D eigenvalue weighted by Crippen LogP contribution is 2.20. The summed E-state index contributed by atoms with van der Waals surface area (Å²) in [7, 11) is 1.37. The molecule has 0 aliphatic heterocycles. The molecule has 0 bridgehead atoms. The van der Waals surface area contributed by atoms with Crippen molar-refractivity contribution in [2.45, 2.75) is 96.9 Å². The summed E-state index contributed by atoms with van der Waals surface area (Å²) in [5.74, 6) is -0.790. The molecule has 6 nitrogen and oxygen atoms in total. The highest BCUT2D eigenvalue weighted by atomic mass is 16.5. The second-order valence-electron chi connectivity index (χ2n) is 8.91. The van der Waals surface area contributed by atoms with E-state index >= 15 is 0 Å². The van der Waals surface area contributed by atoms with Gasteiger partial charge in [0.05, 0.1) is 31.0 Å². The molecule has 2 N–H and O–H groups in total. The first-order chi connectivity index (χ1) is 15.7. The van der Waals surface area contributed by atoms with Crippen molar-refractivity contribution >= 4 is 18.0 Å². The van der Waals surface area contributed by atoms with E-state index in [-0.39, 0.29) is 30.5 Å². The van der Waals surface area contributed by atoms with E-state index in [1.807, 2.05) is 31.2 Å². The van der Waals surface area contributed by atoms with Crippen molar-refractivity contribution in [2.24, 2.45) is 5.92 Å². The lowest BCUT2D eigenvalue weighted by atomic mass is 9.99. The van der Waals surface area contributed by atoms with E-state index in [0.717, 1.165) is 56.9 Å². The summed E-state index contributed by atoms with van der Waals surface area (Å²) in [5, 5.41) is 18.8. The number of allylic oxidation sites excluding steroid dienone is 1. The second kappa shape index (κ2) is 16.4. The van der Waals surface area contributed by atoms with Crippen LogP contribution in [0.15, 0.2) is 30.3 Å². The summed E-state index contributed by atoms with van der Waals surface area (Å²) in [6.07, 6.45) is 11.2. The molecule has 6 heteroatoms. The molecule has 4 unspecified atom stereocenters. The number of hydrogen-bond acceptors (Lipinski definition) is 5. The van der Waals surface area contributed by atoms with E-state index < -0.39 is 12.1 Å². The molecular formula is C27H42O6. The molecule has 0 spiro atoms. The topological polar surface area (TPSA) is 93.1 Å². The van der Waals surface area contributed by atoms with E-state index in [4.69, 9.17) is 14.6 Å². The predicted octanol–water partition coefficient (Wildman–Crippen LogP) is 5.87. The minimum absolute atomic E-state index is 0.00618. The minimum Gasteiger partial charge on any atom is -0.481 e. The lowest BCUT2D eigenvalue weighted by Gasteiger charge is -2.28. The van der Waals surface area contributed by atoms with Crippen LogP contribution in [-0.2, 0) is 14.3 Å². The number of aliphatic carboxylic acids is 1. The van der Waals surface area contributed by atoms with Gasteiger partial charge in [-0.15, -0.1) is 0 Å². The standard InChI is InChI=1S/C27H42O6/c1-20(13-11-14-23-15-12-16-24(19-23)27(31)32-4)22(3)33-25(21(2)28)17-9-7-5-6-8-10-18-26(29)30/h11-12,14-16,19-22,25,28H,5-10,13,17-18H2,1-4H3,(H,29,30). The Morgan fingerprint density at radius 3 is 2.33 bits per heavy atom. The summed E-state index contributed by atoms with van der Waals surface area (Å²) >= 11 is 0. The molecule has 1 aromatic carbocycles. The lowest BCUT2D eigenvalue weighted by molar-refractivity contribution is -0.137. The summed E-state index contributed by atoms with van der Waals surface area (Å²) in [4.78, 5) is 22.2. The number of carboxylic acids is 1. The Morgan fingerprint density at radius 1 is 1.03 bits per heavy atom. The number of carboxylic acid groups (broad SMARTS) is 1. The molecule has 0 saturated carbocycles. The molecule has 186 valence electrons. The fourth-order valence-electron chi connectivity index (χ4n) is 3.66. The van der Waals surface area contributed by atoms with Gasteiger partial charge in [0.25, 0.3) is 0 Å². The van der Waals surface area contributed by atoms with E-state index in [2.05, 4.69) is 13.0 Å². The molecule has 0 heterocycles. The Kier molecular flexibility index (Phi) is 14.4. The van der Waals surface area contributed by atoms with Crippen LogP contribution in [0.2, 0.25) is 0 Å². The lowest BCUT2D eigenvalue weighted by Crippen LogP contribution is -2.32. The van der Waals surface area contributed by atoms with Crippen molar-refractivity contribution in [3.63, 3.8) is 0 Å². The Labute approximate surface area is 199 Å². The number of esters is 1. The van der Waals surface area contributed by atoms with Gasteiger partial charge in [0, 0.05) is 6.42 Å². The number of rotatable bonds is 17. The van der Waals surface area contributed by atoms with Crippen LogP contribution in [0, 0.1) is 5.92 Å². The van der Waals surface area contributed by atoms with Gasteiger partial charge in [0.15, 0.2) is 0 Å². The van der Waals surface area contributed by atoms with Crippen LogP contribution in [0.5, 0.6) is 0 Å². The van der Waals surface area contributed by atoms with Gasteiger partial charge in [-0.05, 0) is 56.7 Å². The molecule has 0 aliphatic rings. The number of ether oxygens (including phenoxy) is 2. The fourth-order valence-corrected chi connectivity index (χ4v) is 3.66. The zero-order chi connectivity index (χ0) is 24.6. The first kappa shape index (κ1) is 28.9. The van der Waals surface area contributed by atoms with Gasteiger partial charge in [0.2, 0.25) is 0 Å². The maximum atomic E-state index is 11.7. The molecule has 1 aromatic rings. The van der Waals surface area contributed by atoms with E-state index in [1.165, 1.54) is 7.11 Å². The summed E-state index contributed by atoms with van der Waals surface area (Å²) in [6.45, 7) is 5.96. The van der Waals surface area contributed by atoms with E-state index in [1.54, 1.807) is 13.0 Å². The summed E-state index contributed by atoms with van der Waals surface area (Å²) in [6, 6.07) is 7.33. The smallest absolute Gasteiger partial charge is 0.337 e. The molecule has 0 saturated heterocycles. The quantitative estimate of drug-likeness (QED) is 0.222. The van der Waals surface area contributed by atoms with Crippen LogP contribution in [-0.4, -0.2) is 47.6 Å². The predicted molar refractivity (Wildman–Crippen MR) is 131 cm³/mol. The van der Waals surface area contributed by atoms with Crippen LogP contribution in [0.25, 0.3) is 6.08 Å². The van der Waals surface area contributed by atoms with Crippen molar-refractivity contribution in [1.29, 1.82) is 0 Å². The molecule has 0 amide bonds. The Morgan fingerprint density at radius 2 is 1.70 bits per heavy atom. The number of hydrogen-bond donors (Lipinski definition) is 2. The highest BCUT2D eigenvalue weighted by molar-refractivity contribution is 5.89. The Balaban J connectivity index is 2.38. The maximum Gasteiger partial charge on any atom is 0.337 e. The van der Waals surface area contributed by atoms with Gasteiger partial charge in [0.1, 0.15) is 0 Å². The number of aliphatic hydroxyl groups is 1. The summed E-state index contributed by atoms with van der Waals surface area (Å²) in [5.41, 5.74) is 1.48. The van der Waals surface area contributed by atoms with Gasteiger partial charge in [-0.3, -0.25) is 4.79 Å². The number of methoxy groups -OCH3 is 1. The van der Waals surface area contributed by atoms with Gasteiger partial charge in [-0.2, -0.15) is 0 Å². The van der Waals surface area contributed by atoms with Crippen LogP contribution in [0.4, 0.5) is 0 Å². The average Bonchev–Trinajstić information content (AvgIpc) is 2.78. The summed E-state index contributed by atoms with van der Waals surface area (Å²) < 4.78 is 11.0. The fraction of sp³-hybridized carbons (Fsp3) is 0.630. The van der Waals surface area contributed by atoms with Crippen molar-refractivity contribution in [3.8, 4) is 0 Å². The van der Waals surface area contributed by atoms with Crippen molar-refractivity contribution in [2.75, 3.05) is 7.11 Å². The molecule has 4 atom stereocenters. The van der Waals surface area contributed by atoms with Gasteiger partial charge >= 0.3 is 11.9 Å². The largest absolute Gasteiger partial charge is 0.481 e. The van der Waals surface area contributed by atoms with E-state index in [9.17, 15) is 14.7 Å². The normalized spacial score (nSPS) is 15.2. The number of aliphatic hydroxyl groups excluding tert-OH is 1. The van der Waals surface area contributed by atoms with Crippen LogP contribution >= 0.6 is 0 Å². The van der Waals surface area contributed by atoms with Crippen LogP contribution < -0.4 is 0 Å². The van der Waals surface area contributed by atoms with Crippen LogP contribution in [0.1, 0.15) is 94.5 Å². The zero-order valence-corrected chi connectivity index (χ0v) is 20.7. The molecule has 0 aromatic heterocycles. The average molecular weight is 463 g/mol. The third-order valence-corrected chi connectivity index (χ3v) is 5.98. The molecule has 0 radical (unpaired) electrons. The minimum atomic E-state index is -0.724. The number of carbonyl (C=O) groups excluding carboxylic acids is 1. The molecule has 0 fully saturated rings. The van der Waals surface area contributed by atoms with Crippen molar-refractivity contribution in [3.05, 3.63) is 41.5 Å². The SMILES string of the molecule is COC(=O)c1cccc(C=CCC(C)C(C)OC(CCCCCCCCC(=O)O)C(C)O)c1. The Bertz CT molecular complexity index is 727. The first-order valence-electron chi connectivity index (χ1n) is 12.1. The monoisotopic (exact) mass is 462 g/mol. The number of carbonyl (C=O) groups is 2. The maximum absolute atomic E-state index is 11.7.